The van der Waals surface area contributed by atoms with Crippen LogP contribution in [-0.2, 0) is 16.0 Å². The van der Waals surface area contributed by atoms with Gasteiger partial charge in [-0.05, 0) is 24.1 Å². The van der Waals surface area contributed by atoms with Crippen LogP contribution in [0.15, 0.2) is 24.3 Å². The van der Waals surface area contributed by atoms with E-state index >= 15 is 0 Å². The van der Waals surface area contributed by atoms with E-state index in [1.807, 2.05) is 0 Å². The summed E-state index contributed by atoms with van der Waals surface area (Å²) in [5, 5.41) is 0. The number of carbonyl (C=O) groups excluding carboxylic acids is 2. The molecule has 1 rings (SSSR count). The van der Waals surface area contributed by atoms with Gasteiger partial charge in [0, 0.05) is 6.42 Å². The lowest BCUT2D eigenvalue weighted by Crippen LogP contribution is -2.38. The lowest BCUT2D eigenvalue weighted by atomic mass is 10.1. The van der Waals surface area contributed by atoms with Crippen molar-refractivity contribution >= 4 is 11.7 Å². The number of ketones is 1. The predicted molar refractivity (Wildman–Crippen MR) is 68.1 cm³/mol. The van der Waals surface area contributed by atoms with Gasteiger partial charge in [0.15, 0.2) is 5.78 Å². The average Bonchev–Trinajstić information content (AvgIpc) is 2.37. The van der Waals surface area contributed by atoms with E-state index < -0.39 is 11.9 Å². The summed E-state index contributed by atoms with van der Waals surface area (Å²) in [6.45, 7) is 1.87. The number of primary amides is 1. The Morgan fingerprint density at radius 1 is 1.28 bits per heavy atom. The molecular formula is C13H18N2O3. The van der Waals surface area contributed by atoms with Crippen LogP contribution in [0.25, 0.3) is 0 Å². The molecule has 0 saturated carbocycles. The molecule has 98 valence electrons. The van der Waals surface area contributed by atoms with E-state index in [0.717, 1.165) is 5.56 Å². The number of benzene rings is 1. The van der Waals surface area contributed by atoms with Gasteiger partial charge >= 0.3 is 0 Å². The highest BCUT2D eigenvalue weighted by atomic mass is 16.5. The molecule has 1 aromatic carbocycles. The quantitative estimate of drug-likeness (QED) is 0.732. The predicted octanol–water partition coefficient (Wildman–Crippen LogP) is 0.400. The summed E-state index contributed by atoms with van der Waals surface area (Å²) < 4.78 is 5.29. The van der Waals surface area contributed by atoms with E-state index in [4.69, 9.17) is 16.2 Å². The van der Waals surface area contributed by atoms with Crippen molar-refractivity contribution in [3.8, 4) is 5.75 Å². The summed E-state index contributed by atoms with van der Waals surface area (Å²) in [5.41, 5.74) is 11.5. The van der Waals surface area contributed by atoms with Crippen molar-refractivity contribution in [2.24, 2.45) is 11.5 Å². The molecule has 5 heteroatoms. The highest BCUT2D eigenvalue weighted by Gasteiger charge is 2.09. The molecule has 0 aliphatic rings. The number of rotatable bonds is 7. The standard InChI is InChI=1S/C13H18N2O3/c1-2-10(16)8-18-11-5-3-9(4-6-11)7-12(14)13(15)17/h3-6,12H,2,7-8,14H2,1H3,(H2,15,17)/t12-/m0/s1. The minimum absolute atomic E-state index is 0.0508. The summed E-state index contributed by atoms with van der Waals surface area (Å²) in [6, 6.07) is 6.40. The maximum atomic E-state index is 11.1. The lowest BCUT2D eigenvalue weighted by Gasteiger charge is -2.09. The van der Waals surface area contributed by atoms with Gasteiger partial charge in [-0.25, -0.2) is 0 Å². The normalized spacial score (nSPS) is 11.9. The van der Waals surface area contributed by atoms with E-state index in [2.05, 4.69) is 0 Å². The summed E-state index contributed by atoms with van der Waals surface area (Å²) >= 11 is 0. The SMILES string of the molecule is CCC(=O)COc1ccc(C[C@H](N)C(N)=O)cc1. The molecule has 0 aromatic heterocycles. The van der Waals surface area contributed by atoms with Crippen LogP contribution >= 0.6 is 0 Å². The number of Topliss-reactive ketones (excluding diaryl/α,β-unsaturated/α-hetero) is 1. The van der Waals surface area contributed by atoms with E-state index in [1.54, 1.807) is 31.2 Å². The van der Waals surface area contributed by atoms with Crippen LogP contribution in [-0.4, -0.2) is 24.3 Å². The molecule has 5 nitrogen and oxygen atoms in total. The fraction of sp³-hybridized carbons (Fsp3) is 0.385. The second-order valence-corrected chi connectivity index (χ2v) is 4.04. The maximum absolute atomic E-state index is 11.1. The first kappa shape index (κ1) is 14.2. The number of ether oxygens (including phenoxy) is 1. The molecular weight excluding hydrogens is 232 g/mol. The summed E-state index contributed by atoms with van der Waals surface area (Å²) in [7, 11) is 0. The van der Waals surface area contributed by atoms with Crippen molar-refractivity contribution in [1.29, 1.82) is 0 Å². The Morgan fingerprint density at radius 2 is 1.89 bits per heavy atom. The monoisotopic (exact) mass is 250 g/mol. The van der Waals surface area contributed by atoms with Crippen LogP contribution in [0.4, 0.5) is 0 Å². The zero-order valence-electron chi connectivity index (χ0n) is 10.4. The van der Waals surface area contributed by atoms with E-state index in [0.29, 0.717) is 18.6 Å². The minimum atomic E-state index is -0.682. The first-order valence-electron chi connectivity index (χ1n) is 5.81. The highest BCUT2D eigenvalue weighted by molar-refractivity contribution is 5.80. The van der Waals surface area contributed by atoms with Crippen molar-refractivity contribution in [1.82, 2.24) is 0 Å². The van der Waals surface area contributed by atoms with Crippen molar-refractivity contribution < 1.29 is 14.3 Å². The van der Waals surface area contributed by atoms with Crippen molar-refractivity contribution in [2.45, 2.75) is 25.8 Å². The Bertz CT molecular complexity index is 415. The van der Waals surface area contributed by atoms with Gasteiger partial charge in [-0.15, -0.1) is 0 Å². The number of hydrogen-bond donors (Lipinski definition) is 2. The van der Waals surface area contributed by atoms with Crippen LogP contribution in [0.3, 0.4) is 0 Å². The first-order valence-corrected chi connectivity index (χ1v) is 5.81. The molecule has 0 heterocycles. The number of hydrogen-bond acceptors (Lipinski definition) is 4. The van der Waals surface area contributed by atoms with Crippen LogP contribution in [0.2, 0.25) is 0 Å². The Morgan fingerprint density at radius 3 is 2.39 bits per heavy atom. The summed E-state index contributed by atoms with van der Waals surface area (Å²) in [5.74, 6) is 0.145. The Hall–Kier alpha value is -1.88. The topological polar surface area (TPSA) is 95.4 Å². The van der Waals surface area contributed by atoms with Crippen LogP contribution < -0.4 is 16.2 Å². The molecule has 0 radical (unpaired) electrons. The van der Waals surface area contributed by atoms with E-state index in [1.165, 1.54) is 0 Å². The summed E-state index contributed by atoms with van der Waals surface area (Å²) in [6.07, 6.45) is 0.856. The summed E-state index contributed by atoms with van der Waals surface area (Å²) in [4.78, 5) is 21.9. The highest BCUT2D eigenvalue weighted by Crippen LogP contribution is 2.13. The Balaban J connectivity index is 2.52. The zero-order chi connectivity index (χ0) is 13.5. The fourth-order valence-corrected chi connectivity index (χ4v) is 1.34. The molecule has 0 saturated heterocycles. The van der Waals surface area contributed by atoms with E-state index in [9.17, 15) is 9.59 Å². The van der Waals surface area contributed by atoms with Gasteiger partial charge in [-0.3, -0.25) is 9.59 Å². The molecule has 1 atom stereocenters. The molecule has 0 unspecified atom stereocenters. The van der Waals surface area contributed by atoms with Gasteiger partial charge in [0.2, 0.25) is 5.91 Å². The molecule has 1 amide bonds. The first-order chi connectivity index (χ1) is 8.52. The molecule has 0 spiro atoms. The molecule has 0 fully saturated rings. The molecule has 4 N–H and O–H groups in total. The minimum Gasteiger partial charge on any atom is -0.486 e. The number of amides is 1. The maximum Gasteiger partial charge on any atom is 0.234 e. The van der Waals surface area contributed by atoms with Crippen LogP contribution in [0, 0.1) is 0 Å². The van der Waals surface area contributed by atoms with Gasteiger partial charge < -0.3 is 16.2 Å². The smallest absolute Gasteiger partial charge is 0.234 e. The Labute approximate surface area is 106 Å². The second-order valence-electron chi connectivity index (χ2n) is 4.04. The van der Waals surface area contributed by atoms with Gasteiger partial charge in [0.05, 0.1) is 6.04 Å². The average molecular weight is 250 g/mol. The van der Waals surface area contributed by atoms with Gasteiger partial charge in [0.25, 0.3) is 0 Å². The Kier molecular flexibility index (Phi) is 5.32. The van der Waals surface area contributed by atoms with Gasteiger partial charge in [-0.1, -0.05) is 19.1 Å². The molecule has 18 heavy (non-hydrogen) atoms. The van der Waals surface area contributed by atoms with Crippen molar-refractivity contribution in [2.75, 3.05) is 6.61 Å². The van der Waals surface area contributed by atoms with Gasteiger partial charge in [0.1, 0.15) is 12.4 Å². The zero-order valence-corrected chi connectivity index (χ0v) is 10.4. The largest absolute Gasteiger partial charge is 0.486 e. The fourth-order valence-electron chi connectivity index (χ4n) is 1.34. The molecule has 0 bridgehead atoms. The van der Waals surface area contributed by atoms with Gasteiger partial charge in [-0.2, -0.15) is 0 Å². The van der Waals surface area contributed by atoms with Crippen molar-refractivity contribution in [3.63, 3.8) is 0 Å². The lowest BCUT2D eigenvalue weighted by molar-refractivity contribution is -0.121. The molecule has 0 aliphatic carbocycles. The number of nitrogens with two attached hydrogens (primary N) is 2. The second kappa shape index (κ2) is 6.76. The van der Waals surface area contributed by atoms with Crippen LogP contribution in [0.5, 0.6) is 5.75 Å². The van der Waals surface area contributed by atoms with Crippen molar-refractivity contribution in [3.05, 3.63) is 29.8 Å². The van der Waals surface area contributed by atoms with E-state index in [-0.39, 0.29) is 12.4 Å². The third kappa shape index (κ3) is 4.55. The van der Waals surface area contributed by atoms with Crippen LogP contribution in [0.1, 0.15) is 18.9 Å². The number of carbonyl (C=O) groups is 2. The third-order valence-electron chi connectivity index (χ3n) is 2.54. The third-order valence-corrected chi connectivity index (χ3v) is 2.54. The molecule has 0 aliphatic heterocycles. The molecule has 1 aromatic rings.